The third kappa shape index (κ3) is 13.6. The maximum absolute atomic E-state index is 11.1. The van der Waals surface area contributed by atoms with Crippen molar-refractivity contribution < 1.29 is 23.9 Å². The number of hydrogen-bond donors (Lipinski definition) is 2. The maximum Gasteiger partial charge on any atom is 0.326 e. The van der Waals surface area contributed by atoms with Crippen molar-refractivity contribution in [1.29, 1.82) is 0 Å². The third-order valence-electron chi connectivity index (χ3n) is 2.37. The predicted octanol–water partition coefficient (Wildman–Crippen LogP) is 2.46. The van der Waals surface area contributed by atoms with E-state index in [2.05, 4.69) is 6.92 Å². The first-order valence-corrected chi connectivity index (χ1v) is 7.95. The number of rotatable bonds is 10. The Hall–Kier alpha value is -0.380. The van der Waals surface area contributed by atoms with E-state index in [0.717, 1.165) is 19.3 Å². The van der Waals surface area contributed by atoms with Crippen LogP contribution in [0.25, 0.3) is 0 Å². The molecular formula is C11H23O5P. The van der Waals surface area contributed by atoms with Crippen LogP contribution in [0.15, 0.2) is 0 Å². The molecule has 0 fully saturated rings. The van der Waals surface area contributed by atoms with E-state index < -0.39 is 19.7 Å². The van der Waals surface area contributed by atoms with Gasteiger partial charge in [-0.3, -0.25) is 9.36 Å². The Kier molecular flexibility index (Phi) is 9.41. The lowest BCUT2D eigenvalue weighted by atomic mass is 10.1. The van der Waals surface area contributed by atoms with Gasteiger partial charge in [0.15, 0.2) is 0 Å². The first-order valence-electron chi connectivity index (χ1n) is 6.16. The molecule has 0 bridgehead atoms. The molecule has 0 rings (SSSR count). The smallest absolute Gasteiger partial charge is 0.326 e. The second-order valence-corrected chi connectivity index (χ2v) is 5.90. The summed E-state index contributed by atoms with van der Waals surface area (Å²) < 4.78 is 15.4. The summed E-state index contributed by atoms with van der Waals surface area (Å²) in [6, 6.07) is 0. The lowest BCUT2D eigenvalue weighted by Gasteiger charge is -2.05. The van der Waals surface area contributed by atoms with Gasteiger partial charge in [-0.2, -0.15) is 0 Å². The summed E-state index contributed by atoms with van der Waals surface area (Å²) >= 11 is 0. The molecule has 0 aromatic heterocycles. The third-order valence-corrected chi connectivity index (χ3v) is 3.17. The van der Waals surface area contributed by atoms with Gasteiger partial charge in [-0.25, -0.2) is 0 Å². The van der Waals surface area contributed by atoms with E-state index >= 15 is 0 Å². The maximum atomic E-state index is 11.1. The van der Waals surface area contributed by atoms with Crippen molar-refractivity contribution in [3.63, 3.8) is 0 Å². The van der Waals surface area contributed by atoms with Crippen LogP contribution in [-0.4, -0.2) is 28.5 Å². The van der Waals surface area contributed by atoms with E-state index in [1.807, 2.05) is 0 Å². The van der Waals surface area contributed by atoms with E-state index in [0.29, 0.717) is 6.61 Å². The monoisotopic (exact) mass is 266 g/mol. The van der Waals surface area contributed by atoms with Crippen LogP contribution in [0.2, 0.25) is 0 Å². The molecule has 5 nitrogen and oxygen atoms in total. The van der Waals surface area contributed by atoms with Crippen LogP contribution in [0, 0.1) is 0 Å². The molecule has 0 atom stereocenters. The Morgan fingerprint density at radius 1 is 1.12 bits per heavy atom. The van der Waals surface area contributed by atoms with E-state index in [9.17, 15) is 9.36 Å². The quantitative estimate of drug-likeness (QED) is 0.360. The minimum atomic E-state index is -4.08. The van der Waals surface area contributed by atoms with Gasteiger partial charge in [0.2, 0.25) is 0 Å². The molecule has 0 saturated heterocycles. The largest absolute Gasteiger partial charge is 0.466 e. The Morgan fingerprint density at radius 2 is 1.71 bits per heavy atom. The van der Waals surface area contributed by atoms with Gasteiger partial charge in [-0.15, -0.1) is 0 Å². The first kappa shape index (κ1) is 16.6. The van der Waals surface area contributed by atoms with Gasteiger partial charge in [0.05, 0.1) is 19.2 Å². The summed E-state index contributed by atoms with van der Waals surface area (Å²) in [6.07, 6.45) is 6.02. The topological polar surface area (TPSA) is 83.8 Å². The fraction of sp³-hybridized carbons (Fsp3) is 0.909. The van der Waals surface area contributed by atoms with E-state index in [1.165, 1.54) is 19.3 Å². The fourth-order valence-corrected chi connectivity index (χ4v) is 1.85. The van der Waals surface area contributed by atoms with Gasteiger partial charge >= 0.3 is 13.6 Å². The lowest BCUT2D eigenvalue weighted by Crippen LogP contribution is -2.08. The van der Waals surface area contributed by atoms with Crippen molar-refractivity contribution in [3.05, 3.63) is 0 Å². The SMILES string of the molecule is CCCCCCCCOC(=O)CCP(=O)(O)O. The molecule has 2 N–H and O–H groups in total. The van der Waals surface area contributed by atoms with Gasteiger partial charge in [-0.1, -0.05) is 39.0 Å². The Balaban J connectivity index is 3.31. The second-order valence-electron chi connectivity index (χ2n) is 4.13. The molecular weight excluding hydrogens is 243 g/mol. The van der Waals surface area contributed by atoms with Crippen molar-refractivity contribution in [1.82, 2.24) is 0 Å². The number of hydrogen-bond acceptors (Lipinski definition) is 3. The summed E-state index contributed by atoms with van der Waals surface area (Å²) in [4.78, 5) is 28.2. The molecule has 0 heterocycles. The molecule has 0 radical (unpaired) electrons. The summed E-state index contributed by atoms with van der Waals surface area (Å²) in [5, 5.41) is 0. The highest BCUT2D eigenvalue weighted by Gasteiger charge is 2.15. The average molecular weight is 266 g/mol. The van der Waals surface area contributed by atoms with E-state index in [4.69, 9.17) is 14.5 Å². The first-order chi connectivity index (χ1) is 7.95. The Bertz CT molecular complexity index is 248. The van der Waals surface area contributed by atoms with Crippen molar-refractivity contribution in [3.8, 4) is 0 Å². The normalized spacial score (nSPS) is 11.5. The van der Waals surface area contributed by atoms with Gasteiger partial charge < -0.3 is 14.5 Å². The average Bonchev–Trinajstić information content (AvgIpc) is 2.24. The van der Waals surface area contributed by atoms with Crippen molar-refractivity contribution in [2.75, 3.05) is 12.8 Å². The molecule has 0 aromatic carbocycles. The molecule has 102 valence electrons. The molecule has 0 aliphatic rings. The van der Waals surface area contributed by atoms with Crippen molar-refractivity contribution >= 4 is 13.6 Å². The zero-order valence-electron chi connectivity index (χ0n) is 10.4. The van der Waals surface area contributed by atoms with Crippen LogP contribution in [0.4, 0.5) is 0 Å². The zero-order valence-corrected chi connectivity index (χ0v) is 11.3. The molecule has 0 saturated carbocycles. The molecule has 0 amide bonds. The zero-order chi connectivity index (χ0) is 13.1. The molecule has 0 aliphatic carbocycles. The van der Waals surface area contributed by atoms with Crippen molar-refractivity contribution in [2.24, 2.45) is 0 Å². The Morgan fingerprint density at radius 3 is 2.29 bits per heavy atom. The fourth-order valence-electron chi connectivity index (χ4n) is 1.38. The van der Waals surface area contributed by atoms with Crippen LogP contribution in [-0.2, 0) is 14.1 Å². The molecule has 0 aromatic rings. The van der Waals surface area contributed by atoms with E-state index in [1.54, 1.807) is 0 Å². The highest BCUT2D eigenvalue weighted by atomic mass is 31.2. The number of carbonyl (C=O) groups excluding carboxylic acids is 1. The van der Waals surface area contributed by atoms with Crippen LogP contribution in [0.1, 0.15) is 51.9 Å². The van der Waals surface area contributed by atoms with E-state index in [-0.39, 0.29) is 6.42 Å². The molecule has 6 heteroatoms. The number of unbranched alkanes of at least 4 members (excludes halogenated alkanes) is 5. The van der Waals surface area contributed by atoms with Crippen LogP contribution in [0.3, 0.4) is 0 Å². The van der Waals surface area contributed by atoms with Crippen LogP contribution in [0.5, 0.6) is 0 Å². The summed E-state index contributed by atoms with van der Waals surface area (Å²) in [6.45, 7) is 2.51. The molecule has 0 spiro atoms. The highest BCUT2D eigenvalue weighted by molar-refractivity contribution is 7.51. The summed E-state index contributed by atoms with van der Waals surface area (Å²) in [7, 11) is -4.08. The summed E-state index contributed by atoms with van der Waals surface area (Å²) in [5.41, 5.74) is 0. The van der Waals surface area contributed by atoms with Crippen LogP contribution < -0.4 is 0 Å². The summed E-state index contributed by atoms with van der Waals surface area (Å²) in [5.74, 6) is -0.526. The molecule has 17 heavy (non-hydrogen) atoms. The van der Waals surface area contributed by atoms with Crippen LogP contribution >= 0.6 is 7.60 Å². The highest BCUT2D eigenvalue weighted by Crippen LogP contribution is 2.34. The van der Waals surface area contributed by atoms with Crippen molar-refractivity contribution in [2.45, 2.75) is 51.9 Å². The number of carbonyl (C=O) groups is 1. The Labute approximate surface area is 103 Å². The number of ether oxygens (including phenoxy) is 1. The van der Waals surface area contributed by atoms with Gasteiger partial charge in [0.25, 0.3) is 0 Å². The minimum absolute atomic E-state index is 0.208. The van der Waals surface area contributed by atoms with Gasteiger partial charge in [-0.05, 0) is 6.42 Å². The van der Waals surface area contributed by atoms with Gasteiger partial charge in [0, 0.05) is 0 Å². The molecule has 0 unspecified atom stereocenters. The predicted molar refractivity (Wildman–Crippen MR) is 65.9 cm³/mol. The lowest BCUT2D eigenvalue weighted by molar-refractivity contribution is -0.143. The minimum Gasteiger partial charge on any atom is -0.466 e. The second kappa shape index (κ2) is 9.63. The number of esters is 1. The van der Waals surface area contributed by atoms with Gasteiger partial charge in [0.1, 0.15) is 0 Å². The molecule has 0 aliphatic heterocycles. The standard InChI is InChI=1S/C11H23O5P/c1-2-3-4-5-6-7-9-16-11(12)8-10-17(13,14)15/h2-10H2,1H3,(H2,13,14,15).